The largest absolute Gasteiger partial charge is 0.507 e. The number of hydrogen-bond donors (Lipinski definition) is 1. The summed E-state index contributed by atoms with van der Waals surface area (Å²) in [5.74, 6) is -0.226. The number of likely N-dealkylation sites (tertiary alicyclic amines) is 1. The van der Waals surface area contributed by atoms with Gasteiger partial charge in [0, 0.05) is 12.1 Å². The van der Waals surface area contributed by atoms with E-state index in [1.54, 1.807) is 11.0 Å². The molecular weight excluding hydrogens is 440 g/mol. The van der Waals surface area contributed by atoms with Gasteiger partial charge in [-0.3, -0.25) is 9.59 Å². The van der Waals surface area contributed by atoms with Gasteiger partial charge in [0.2, 0.25) is 0 Å². The summed E-state index contributed by atoms with van der Waals surface area (Å²) in [5, 5.41) is 11.3. The summed E-state index contributed by atoms with van der Waals surface area (Å²) >= 11 is 0. The third-order valence-corrected chi connectivity index (χ3v) is 6.27. The van der Waals surface area contributed by atoms with Crippen LogP contribution in [0.2, 0.25) is 0 Å². The number of aliphatic hydroxyl groups excluding tert-OH is 1. The second-order valence-corrected chi connectivity index (χ2v) is 9.93. The number of benzene rings is 2. The van der Waals surface area contributed by atoms with Crippen LogP contribution >= 0.6 is 0 Å². The maximum atomic E-state index is 13.2. The molecule has 0 spiro atoms. The van der Waals surface area contributed by atoms with Crippen LogP contribution in [0.25, 0.3) is 5.76 Å². The Labute approximate surface area is 209 Å². The minimum atomic E-state index is -0.644. The lowest BCUT2D eigenvalue weighted by Crippen LogP contribution is -2.32. The van der Waals surface area contributed by atoms with Crippen molar-refractivity contribution in [2.45, 2.75) is 46.6 Å². The van der Waals surface area contributed by atoms with Crippen LogP contribution in [-0.2, 0) is 16.0 Å². The lowest BCUT2D eigenvalue weighted by atomic mass is 9.94. The molecule has 2 aromatic rings. The number of rotatable bonds is 10. The molecule has 1 heterocycles. The van der Waals surface area contributed by atoms with Gasteiger partial charge in [-0.1, -0.05) is 45.0 Å². The number of carbonyl (C=O) groups is 2. The van der Waals surface area contributed by atoms with Crippen LogP contribution in [-0.4, -0.2) is 60.4 Å². The quantitative estimate of drug-likeness (QED) is 0.297. The zero-order chi connectivity index (χ0) is 25.7. The molecule has 1 saturated heterocycles. The van der Waals surface area contributed by atoms with E-state index in [4.69, 9.17) is 4.74 Å². The van der Waals surface area contributed by atoms with Crippen molar-refractivity contribution in [3.05, 3.63) is 70.3 Å². The van der Waals surface area contributed by atoms with Crippen molar-refractivity contribution >= 4 is 17.4 Å². The minimum absolute atomic E-state index is 0.138. The van der Waals surface area contributed by atoms with E-state index in [9.17, 15) is 14.7 Å². The highest BCUT2D eigenvalue weighted by Gasteiger charge is 2.45. The van der Waals surface area contributed by atoms with Crippen LogP contribution < -0.4 is 4.74 Å². The molecule has 1 fully saturated rings. The monoisotopic (exact) mass is 478 g/mol. The highest BCUT2D eigenvalue weighted by molar-refractivity contribution is 6.46. The topological polar surface area (TPSA) is 70.1 Å². The fourth-order valence-corrected chi connectivity index (χ4v) is 4.32. The number of ether oxygens (including phenoxy) is 1. The third kappa shape index (κ3) is 6.12. The number of carbonyl (C=O) groups excluding carboxylic acids is 2. The molecule has 1 unspecified atom stereocenters. The lowest BCUT2D eigenvalue weighted by Gasteiger charge is -2.26. The normalized spacial score (nSPS) is 17.6. The first kappa shape index (κ1) is 26.5. The van der Waals surface area contributed by atoms with E-state index in [0.717, 1.165) is 36.3 Å². The van der Waals surface area contributed by atoms with Gasteiger partial charge < -0.3 is 19.6 Å². The predicted molar refractivity (Wildman–Crippen MR) is 140 cm³/mol. The summed E-state index contributed by atoms with van der Waals surface area (Å²) in [6.07, 6.45) is 1.62. The molecule has 0 saturated carbocycles. The van der Waals surface area contributed by atoms with E-state index in [1.165, 1.54) is 5.56 Å². The number of aliphatic hydroxyl groups is 1. The molecule has 2 aromatic carbocycles. The molecule has 3 rings (SSSR count). The molecule has 0 radical (unpaired) electrons. The van der Waals surface area contributed by atoms with Gasteiger partial charge in [-0.2, -0.15) is 0 Å². The summed E-state index contributed by atoms with van der Waals surface area (Å²) in [7, 11) is 3.96. The molecule has 1 amide bonds. The molecule has 1 aliphatic heterocycles. The number of nitrogens with zero attached hydrogens (tertiary/aromatic N) is 2. The second-order valence-electron chi connectivity index (χ2n) is 9.93. The van der Waals surface area contributed by atoms with Gasteiger partial charge in [0.1, 0.15) is 11.5 Å². The minimum Gasteiger partial charge on any atom is -0.507 e. The van der Waals surface area contributed by atoms with E-state index >= 15 is 0 Å². The molecule has 35 heavy (non-hydrogen) atoms. The molecule has 0 aromatic heterocycles. The molecule has 1 atom stereocenters. The first-order chi connectivity index (χ1) is 16.6. The van der Waals surface area contributed by atoms with E-state index in [0.29, 0.717) is 24.6 Å². The highest BCUT2D eigenvalue weighted by Crippen LogP contribution is 2.40. The maximum absolute atomic E-state index is 13.2. The average molecular weight is 479 g/mol. The van der Waals surface area contributed by atoms with Crippen molar-refractivity contribution in [2.24, 2.45) is 5.92 Å². The number of Topliss-reactive ketones (excluding diaryl/α,β-unsaturated/α-hetero) is 1. The molecular formula is C29H38N2O4. The van der Waals surface area contributed by atoms with Crippen molar-refractivity contribution < 1.29 is 19.4 Å². The Bertz CT molecular complexity index is 1090. The van der Waals surface area contributed by atoms with Crippen molar-refractivity contribution in [2.75, 3.05) is 33.8 Å². The second kappa shape index (κ2) is 11.5. The molecule has 0 bridgehead atoms. The molecule has 6 heteroatoms. The standard InChI is InChI=1S/C29H38N2O4/c1-7-21-9-11-22(12-10-21)26-25(28(33)29(34)31(26)16-8-15-30(5)6)27(32)23-13-14-24(20(4)17-23)35-18-19(2)3/h9-14,17,19,26,32H,7-8,15-16,18H2,1-6H3/b27-25-. The van der Waals surface area contributed by atoms with E-state index in [1.807, 2.05) is 62.3 Å². The van der Waals surface area contributed by atoms with Gasteiger partial charge in [0.15, 0.2) is 0 Å². The van der Waals surface area contributed by atoms with Crippen LogP contribution in [0.4, 0.5) is 0 Å². The van der Waals surface area contributed by atoms with Gasteiger partial charge in [-0.25, -0.2) is 0 Å². The van der Waals surface area contributed by atoms with Crippen LogP contribution in [0.3, 0.4) is 0 Å². The summed E-state index contributed by atoms with van der Waals surface area (Å²) in [6, 6.07) is 12.7. The van der Waals surface area contributed by atoms with E-state index < -0.39 is 17.7 Å². The molecule has 188 valence electrons. The smallest absolute Gasteiger partial charge is 0.295 e. The van der Waals surface area contributed by atoms with Crippen molar-refractivity contribution in [1.82, 2.24) is 9.80 Å². The SMILES string of the molecule is CCc1ccc(C2/C(=C(/O)c3ccc(OCC(C)C)c(C)c3)C(=O)C(=O)N2CCCN(C)C)cc1. The van der Waals surface area contributed by atoms with E-state index in [2.05, 4.69) is 20.8 Å². The zero-order valence-electron chi connectivity index (χ0n) is 21.8. The highest BCUT2D eigenvalue weighted by atomic mass is 16.5. The maximum Gasteiger partial charge on any atom is 0.295 e. The van der Waals surface area contributed by atoms with Gasteiger partial charge in [-0.05, 0) is 81.2 Å². The molecule has 1 aliphatic rings. The molecule has 1 N–H and O–H groups in total. The van der Waals surface area contributed by atoms with Crippen molar-refractivity contribution in [3.63, 3.8) is 0 Å². The van der Waals surface area contributed by atoms with Crippen LogP contribution in [0.15, 0.2) is 48.0 Å². The number of aryl methyl sites for hydroxylation is 2. The summed E-state index contributed by atoms with van der Waals surface area (Å²) in [6.45, 7) is 9.98. The lowest BCUT2D eigenvalue weighted by molar-refractivity contribution is -0.139. The Balaban J connectivity index is 2.04. The van der Waals surface area contributed by atoms with Gasteiger partial charge in [0.05, 0.1) is 18.2 Å². The first-order valence-corrected chi connectivity index (χ1v) is 12.4. The number of hydrogen-bond acceptors (Lipinski definition) is 5. The van der Waals surface area contributed by atoms with Crippen molar-refractivity contribution in [1.29, 1.82) is 0 Å². The van der Waals surface area contributed by atoms with Gasteiger partial charge >= 0.3 is 0 Å². The Hall–Kier alpha value is -3.12. The summed E-state index contributed by atoms with van der Waals surface area (Å²) in [4.78, 5) is 30.0. The molecule has 0 aliphatic carbocycles. The Morgan fingerprint density at radius 1 is 1.11 bits per heavy atom. The average Bonchev–Trinajstić information content (AvgIpc) is 3.07. The predicted octanol–water partition coefficient (Wildman–Crippen LogP) is 4.97. The zero-order valence-corrected chi connectivity index (χ0v) is 21.8. The summed E-state index contributed by atoms with van der Waals surface area (Å²) in [5.41, 5.74) is 3.49. The number of ketones is 1. The summed E-state index contributed by atoms with van der Waals surface area (Å²) < 4.78 is 5.86. The Kier molecular flexibility index (Phi) is 8.73. The Morgan fingerprint density at radius 3 is 2.37 bits per heavy atom. The fraction of sp³-hybridized carbons (Fsp3) is 0.448. The number of amides is 1. The van der Waals surface area contributed by atoms with Crippen LogP contribution in [0.5, 0.6) is 5.75 Å². The van der Waals surface area contributed by atoms with Crippen molar-refractivity contribution in [3.8, 4) is 5.75 Å². The third-order valence-electron chi connectivity index (χ3n) is 6.27. The molecule has 6 nitrogen and oxygen atoms in total. The fourth-order valence-electron chi connectivity index (χ4n) is 4.32. The van der Waals surface area contributed by atoms with E-state index in [-0.39, 0.29) is 11.3 Å². The van der Waals surface area contributed by atoms with Crippen LogP contribution in [0.1, 0.15) is 55.5 Å². The van der Waals surface area contributed by atoms with Gasteiger partial charge in [-0.15, -0.1) is 0 Å². The Morgan fingerprint density at radius 2 is 1.80 bits per heavy atom. The van der Waals surface area contributed by atoms with Crippen LogP contribution in [0, 0.1) is 12.8 Å². The van der Waals surface area contributed by atoms with Gasteiger partial charge in [0.25, 0.3) is 11.7 Å². The first-order valence-electron chi connectivity index (χ1n) is 12.4.